The Morgan fingerprint density at radius 3 is 2.79 bits per heavy atom. The molecule has 2 rings (SSSR count). The molecule has 0 bridgehead atoms. The summed E-state index contributed by atoms with van der Waals surface area (Å²) < 4.78 is 0. The van der Waals surface area contributed by atoms with E-state index >= 15 is 0 Å². The first-order valence-electron chi connectivity index (χ1n) is 5.52. The zero-order valence-corrected chi connectivity index (χ0v) is 10.3. The zero-order valence-electron chi connectivity index (χ0n) is 8.67. The standard InChI is InChI=1S/C13H17Br/c1-2-13(14)12-8-7-10-5-3-4-6-11(10)9-12/h3-6,12-13H,2,7-9H2,1H3. The van der Waals surface area contributed by atoms with Crippen molar-refractivity contribution in [1.82, 2.24) is 0 Å². The van der Waals surface area contributed by atoms with Crippen LogP contribution in [0.1, 0.15) is 30.9 Å². The van der Waals surface area contributed by atoms with E-state index in [0.717, 1.165) is 5.92 Å². The van der Waals surface area contributed by atoms with Gasteiger partial charge in [0, 0.05) is 4.83 Å². The molecule has 0 radical (unpaired) electrons. The molecular formula is C13H17Br. The lowest BCUT2D eigenvalue weighted by atomic mass is 9.82. The Morgan fingerprint density at radius 1 is 1.36 bits per heavy atom. The van der Waals surface area contributed by atoms with Crippen LogP contribution in [0.3, 0.4) is 0 Å². The van der Waals surface area contributed by atoms with E-state index in [9.17, 15) is 0 Å². The average Bonchev–Trinajstić information content (AvgIpc) is 2.27. The van der Waals surface area contributed by atoms with E-state index in [1.54, 1.807) is 11.1 Å². The maximum Gasteiger partial charge on any atom is 0.0174 e. The van der Waals surface area contributed by atoms with Crippen molar-refractivity contribution in [2.45, 2.75) is 37.4 Å². The molecule has 0 heterocycles. The van der Waals surface area contributed by atoms with Crippen molar-refractivity contribution in [2.75, 3.05) is 0 Å². The predicted molar refractivity (Wildman–Crippen MR) is 65.0 cm³/mol. The highest BCUT2D eigenvalue weighted by Gasteiger charge is 2.22. The normalized spacial score (nSPS) is 22.9. The van der Waals surface area contributed by atoms with Crippen LogP contribution in [0, 0.1) is 5.92 Å². The van der Waals surface area contributed by atoms with Crippen LogP contribution >= 0.6 is 15.9 Å². The summed E-state index contributed by atoms with van der Waals surface area (Å²) in [6.07, 6.45) is 5.12. The van der Waals surface area contributed by atoms with Crippen molar-refractivity contribution in [1.29, 1.82) is 0 Å². The summed E-state index contributed by atoms with van der Waals surface area (Å²) in [5, 5.41) is 0. The van der Waals surface area contributed by atoms with Crippen LogP contribution in [0.5, 0.6) is 0 Å². The van der Waals surface area contributed by atoms with Crippen LogP contribution in [0.15, 0.2) is 24.3 Å². The van der Waals surface area contributed by atoms with Crippen molar-refractivity contribution < 1.29 is 0 Å². The first-order chi connectivity index (χ1) is 6.81. The van der Waals surface area contributed by atoms with E-state index in [-0.39, 0.29) is 0 Å². The first-order valence-corrected chi connectivity index (χ1v) is 6.43. The van der Waals surface area contributed by atoms with Gasteiger partial charge in [0.25, 0.3) is 0 Å². The molecule has 1 aliphatic carbocycles. The Bertz CT molecular complexity index is 306. The molecule has 2 atom stereocenters. The van der Waals surface area contributed by atoms with Crippen molar-refractivity contribution >= 4 is 15.9 Å². The smallest absolute Gasteiger partial charge is 0.0174 e. The number of rotatable bonds is 2. The molecule has 0 aliphatic heterocycles. The second-order valence-electron chi connectivity index (χ2n) is 4.20. The van der Waals surface area contributed by atoms with Crippen LogP contribution in [0.2, 0.25) is 0 Å². The Morgan fingerprint density at radius 2 is 2.07 bits per heavy atom. The van der Waals surface area contributed by atoms with E-state index in [2.05, 4.69) is 47.1 Å². The van der Waals surface area contributed by atoms with Gasteiger partial charge in [-0.05, 0) is 42.7 Å². The number of hydrogen-bond acceptors (Lipinski definition) is 0. The monoisotopic (exact) mass is 252 g/mol. The summed E-state index contributed by atoms with van der Waals surface area (Å²) in [5.74, 6) is 0.842. The van der Waals surface area contributed by atoms with Gasteiger partial charge in [-0.1, -0.05) is 47.1 Å². The van der Waals surface area contributed by atoms with Gasteiger partial charge in [0.15, 0.2) is 0 Å². The van der Waals surface area contributed by atoms with Crippen LogP contribution in [0.4, 0.5) is 0 Å². The number of alkyl halides is 1. The van der Waals surface area contributed by atoms with E-state index in [0.29, 0.717) is 4.83 Å². The molecule has 0 N–H and O–H groups in total. The van der Waals surface area contributed by atoms with Gasteiger partial charge in [-0.15, -0.1) is 0 Å². The average molecular weight is 253 g/mol. The van der Waals surface area contributed by atoms with E-state index < -0.39 is 0 Å². The van der Waals surface area contributed by atoms with Gasteiger partial charge in [0.05, 0.1) is 0 Å². The maximum absolute atomic E-state index is 3.79. The highest BCUT2D eigenvalue weighted by Crippen LogP contribution is 2.31. The lowest BCUT2D eigenvalue weighted by Crippen LogP contribution is -2.22. The molecule has 0 nitrogen and oxygen atoms in total. The minimum Gasteiger partial charge on any atom is -0.0888 e. The topological polar surface area (TPSA) is 0 Å². The van der Waals surface area contributed by atoms with Crippen LogP contribution in [-0.2, 0) is 12.8 Å². The summed E-state index contributed by atoms with van der Waals surface area (Å²) in [7, 11) is 0. The Hall–Kier alpha value is -0.300. The van der Waals surface area contributed by atoms with Crippen molar-refractivity contribution in [3.63, 3.8) is 0 Å². The maximum atomic E-state index is 3.79. The lowest BCUT2D eigenvalue weighted by molar-refractivity contribution is 0.439. The van der Waals surface area contributed by atoms with Gasteiger partial charge in [-0.25, -0.2) is 0 Å². The van der Waals surface area contributed by atoms with Gasteiger partial charge in [-0.2, -0.15) is 0 Å². The highest BCUT2D eigenvalue weighted by atomic mass is 79.9. The molecule has 1 aromatic carbocycles. The highest BCUT2D eigenvalue weighted by molar-refractivity contribution is 9.09. The third-order valence-electron chi connectivity index (χ3n) is 3.29. The van der Waals surface area contributed by atoms with Gasteiger partial charge in [0.2, 0.25) is 0 Å². The molecule has 0 fully saturated rings. The molecule has 1 aliphatic rings. The van der Waals surface area contributed by atoms with Crippen LogP contribution in [0.25, 0.3) is 0 Å². The number of benzene rings is 1. The number of fused-ring (bicyclic) bond motifs is 1. The SMILES string of the molecule is CCC(Br)C1CCc2ccccc2C1. The summed E-state index contributed by atoms with van der Waals surface area (Å²) in [4.78, 5) is 0.704. The number of hydrogen-bond donors (Lipinski definition) is 0. The van der Waals surface area contributed by atoms with E-state index in [4.69, 9.17) is 0 Å². The molecular weight excluding hydrogens is 236 g/mol. The van der Waals surface area contributed by atoms with E-state index in [1.807, 2.05) is 0 Å². The first kappa shape index (κ1) is 10.2. The Labute approximate surface area is 94.8 Å². The van der Waals surface area contributed by atoms with Gasteiger partial charge >= 0.3 is 0 Å². The largest absolute Gasteiger partial charge is 0.0888 e. The Kier molecular flexibility index (Phi) is 3.27. The third kappa shape index (κ3) is 2.03. The van der Waals surface area contributed by atoms with Gasteiger partial charge in [0.1, 0.15) is 0 Å². The minimum absolute atomic E-state index is 0.704. The minimum atomic E-state index is 0.704. The van der Waals surface area contributed by atoms with Crippen molar-refractivity contribution in [2.24, 2.45) is 5.92 Å². The summed E-state index contributed by atoms with van der Waals surface area (Å²) in [6.45, 7) is 2.26. The van der Waals surface area contributed by atoms with E-state index in [1.165, 1.54) is 25.7 Å². The number of aryl methyl sites for hydroxylation is 1. The summed E-state index contributed by atoms with van der Waals surface area (Å²) in [5.41, 5.74) is 3.14. The fourth-order valence-corrected chi connectivity index (χ4v) is 2.82. The number of halogens is 1. The summed E-state index contributed by atoms with van der Waals surface area (Å²) in [6, 6.07) is 8.89. The molecule has 0 saturated carbocycles. The molecule has 1 heteroatoms. The zero-order chi connectivity index (χ0) is 9.97. The molecule has 76 valence electrons. The molecule has 0 saturated heterocycles. The molecule has 14 heavy (non-hydrogen) atoms. The third-order valence-corrected chi connectivity index (χ3v) is 4.68. The quantitative estimate of drug-likeness (QED) is 0.700. The molecule has 2 unspecified atom stereocenters. The lowest BCUT2D eigenvalue weighted by Gasteiger charge is -2.27. The van der Waals surface area contributed by atoms with Crippen LogP contribution in [-0.4, -0.2) is 4.83 Å². The molecule has 0 aromatic heterocycles. The Balaban J connectivity index is 2.13. The fraction of sp³-hybridized carbons (Fsp3) is 0.538. The van der Waals surface area contributed by atoms with Crippen LogP contribution < -0.4 is 0 Å². The second kappa shape index (κ2) is 4.48. The van der Waals surface area contributed by atoms with Gasteiger partial charge in [-0.3, -0.25) is 0 Å². The molecule has 1 aromatic rings. The predicted octanol–water partition coefficient (Wildman–Crippen LogP) is 3.97. The fourth-order valence-electron chi connectivity index (χ4n) is 2.37. The van der Waals surface area contributed by atoms with Crippen molar-refractivity contribution in [3.8, 4) is 0 Å². The second-order valence-corrected chi connectivity index (χ2v) is 5.37. The molecule has 0 spiro atoms. The summed E-state index contributed by atoms with van der Waals surface area (Å²) >= 11 is 3.79. The van der Waals surface area contributed by atoms with Gasteiger partial charge < -0.3 is 0 Å². The molecule has 0 amide bonds. The van der Waals surface area contributed by atoms with Crippen molar-refractivity contribution in [3.05, 3.63) is 35.4 Å².